The molecule has 2 aliphatic rings. The maximum Gasteiger partial charge on any atom is 0.135 e. The first kappa shape index (κ1) is 11.2. The fourth-order valence-corrected chi connectivity index (χ4v) is 2.27. The van der Waals surface area contributed by atoms with E-state index in [1.54, 1.807) is 0 Å². The third kappa shape index (κ3) is 2.87. The minimum absolute atomic E-state index is 0.446. The van der Waals surface area contributed by atoms with Gasteiger partial charge < -0.3 is 10.1 Å². The zero-order valence-corrected chi connectivity index (χ0v) is 10.4. The van der Waals surface area contributed by atoms with Gasteiger partial charge in [-0.2, -0.15) is 0 Å². The Balaban J connectivity index is 1.72. The number of hydrogen-bond acceptors (Lipinski definition) is 4. The zero-order chi connectivity index (χ0) is 11.7. The highest BCUT2D eigenvalue weighted by Crippen LogP contribution is 2.38. The summed E-state index contributed by atoms with van der Waals surface area (Å²) in [5, 5.41) is 3.97. The van der Waals surface area contributed by atoms with Crippen LogP contribution in [-0.4, -0.2) is 29.2 Å². The fourth-order valence-electron chi connectivity index (χ4n) is 2.08. The van der Waals surface area contributed by atoms with E-state index >= 15 is 0 Å². The molecule has 0 radical (unpaired) electrons. The zero-order valence-electron chi connectivity index (χ0n) is 9.66. The normalized spacial score (nSPS) is 21.5. The van der Waals surface area contributed by atoms with Crippen LogP contribution in [0.2, 0.25) is 5.15 Å². The number of ether oxygens (including phenoxy) is 1. The van der Waals surface area contributed by atoms with Crippen LogP contribution in [0.5, 0.6) is 0 Å². The Kier molecular flexibility index (Phi) is 3.16. The van der Waals surface area contributed by atoms with Gasteiger partial charge >= 0.3 is 0 Å². The highest BCUT2D eigenvalue weighted by molar-refractivity contribution is 6.29. The lowest BCUT2D eigenvalue weighted by Crippen LogP contribution is -2.28. The van der Waals surface area contributed by atoms with Crippen molar-refractivity contribution in [1.29, 1.82) is 0 Å². The molecule has 92 valence electrons. The molecule has 5 heteroatoms. The van der Waals surface area contributed by atoms with E-state index in [2.05, 4.69) is 15.3 Å². The highest BCUT2D eigenvalue weighted by atomic mass is 35.5. The van der Waals surface area contributed by atoms with Crippen LogP contribution in [0.4, 0.5) is 5.82 Å². The van der Waals surface area contributed by atoms with Crippen LogP contribution in [0, 0.1) is 0 Å². The summed E-state index contributed by atoms with van der Waals surface area (Å²) < 4.78 is 5.33. The Morgan fingerprint density at radius 1 is 1.18 bits per heavy atom. The molecule has 1 N–H and O–H groups in total. The highest BCUT2D eigenvalue weighted by Gasteiger charge is 2.27. The number of anilines is 1. The van der Waals surface area contributed by atoms with E-state index in [0.29, 0.717) is 17.1 Å². The Morgan fingerprint density at radius 3 is 2.65 bits per heavy atom. The summed E-state index contributed by atoms with van der Waals surface area (Å²) in [6.07, 6.45) is 4.44. The van der Waals surface area contributed by atoms with Gasteiger partial charge in [0, 0.05) is 31.2 Å². The fraction of sp³-hybridized carbons (Fsp3) is 0.667. The van der Waals surface area contributed by atoms with Gasteiger partial charge in [0.25, 0.3) is 0 Å². The van der Waals surface area contributed by atoms with Gasteiger partial charge in [-0.1, -0.05) is 11.6 Å². The van der Waals surface area contributed by atoms with E-state index in [1.165, 1.54) is 12.8 Å². The SMILES string of the molecule is Clc1cc(NC2CCOCC2)nc(C2CC2)n1. The molecule has 0 bridgehead atoms. The van der Waals surface area contributed by atoms with Crippen LogP contribution in [0.25, 0.3) is 0 Å². The summed E-state index contributed by atoms with van der Waals surface area (Å²) in [6.45, 7) is 1.65. The molecular weight excluding hydrogens is 238 g/mol. The van der Waals surface area contributed by atoms with Crippen molar-refractivity contribution in [3.05, 3.63) is 17.0 Å². The van der Waals surface area contributed by atoms with E-state index in [4.69, 9.17) is 16.3 Å². The smallest absolute Gasteiger partial charge is 0.135 e. The molecule has 0 aromatic carbocycles. The maximum absolute atomic E-state index is 6.02. The minimum Gasteiger partial charge on any atom is -0.381 e. The van der Waals surface area contributed by atoms with E-state index in [-0.39, 0.29) is 0 Å². The lowest BCUT2D eigenvalue weighted by Gasteiger charge is -2.23. The molecule has 1 aromatic rings. The summed E-state index contributed by atoms with van der Waals surface area (Å²) in [7, 11) is 0. The molecule has 2 heterocycles. The summed E-state index contributed by atoms with van der Waals surface area (Å²) in [5.74, 6) is 2.29. The van der Waals surface area contributed by atoms with Crippen LogP contribution in [-0.2, 0) is 4.74 Å². The van der Waals surface area contributed by atoms with Crippen molar-refractivity contribution in [2.45, 2.75) is 37.6 Å². The summed E-state index contributed by atoms with van der Waals surface area (Å²) in [4.78, 5) is 8.82. The molecule has 1 aliphatic heterocycles. The Labute approximate surface area is 106 Å². The summed E-state index contributed by atoms with van der Waals surface area (Å²) in [5.41, 5.74) is 0. The molecule has 17 heavy (non-hydrogen) atoms. The largest absolute Gasteiger partial charge is 0.381 e. The lowest BCUT2D eigenvalue weighted by atomic mass is 10.1. The number of nitrogens with zero attached hydrogens (tertiary/aromatic N) is 2. The molecule has 2 fully saturated rings. The molecule has 1 saturated carbocycles. The lowest BCUT2D eigenvalue weighted by molar-refractivity contribution is 0.0904. The third-order valence-electron chi connectivity index (χ3n) is 3.23. The predicted octanol–water partition coefficient (Wildman–Crippen LogP) is 2.60. The minimum atomic E-state index is 0.446. The molecule has 0 amide bonds. The summed E-state index contributed by atoms with van der Waals surface area (Å²) in [6, 6.07) is 2.25. The first-order chi connectivity index (χ1) is 8.31. The molecule has 3 rings (SSSR count). The molecule has 1 aliphatic carbocycles. The number of aromatic nitrogens is 2. The Bertz CT molecular complexity index is 403. The molecule has 0 unspecified atom stereocenters. The van der Waals surface area contributed by atoms with Crippen molar-refractivity contribution in [3.8, 4) is 0 Å². The maximum atomic E-state index is 6.02. The van der Waals surface area contributed by atoms with E-state index < -0.39 is 0 Å². The van der Waals surface area contributed by atoms with Gasteiger partial charge in [0.1, 0.15) is 16.8 Å². The van der Waals surface area contributed by atoms with Crippen LogP contribution >= 0.6 is 11.6 Å². The molecule has 1 aromatic heterocycles. The Morgan fingerprint density at radius 2 is 1.94 bits per heavy atom. The third-order valence-corrected chi connectivity index (χ3v) is 3.42. The second-order valence-corrected chi connectivity index (χ2v) is 5.13. The standard InChI is InChI=1S/C12H16ClN3O/c13-10-7-11(14-9-3-5-17-6-4-9)16-12(15-10)8-1-2-8/h7-9H,1-6H2,(H,14,15,16). The number of rotatable bonds is 3. The van der Waals surface area contributed by atoms with E-state index in [0.717, 1.165) is 37.7 Å². The number of nitrogens with one attached hydrogen (secondary N) is 1. The van der Waals surface area contributed by atoms with Crippen molar-refractivity contribution in [1.82, 2.24) is 9.97 Å². The average Bonchev–Trinajstić information content (AvgIpc) is 3.13. The van der Waals surface area contributed by atoms with Crippen LogP contribution in [0.1, 0.15) is 37.4 Å². The van der Waals surface area contributed by atoms with Gasteiger partial charge in [0.15, 0.2) is 0 Å². The van der Waals surface area contributed by atoms with Gasteiger partial charge in [-0.3, -0.25) is 0 Å². The van der Waals surface area contributed by atoms with Crippen LogP contribution < -0.4 is 5.32 Å². The van der Waals surface area contributed by atoms with E-state index in [9.17, 15) is 0 Å². The first-order valence-electron chi connectivity index (χ1n) is 6.20. The predicted molar refractivity (Wildman–Crippen MR) is 66.5 cm³/mol. The van der Waals surface area contributed by atoms with Crippen molar-refractivity contribution in [2.75, 3.05) is 18.5 Å². The van der Waals surface area contributed by atoms with Crippen molar-refractivity contribution >= 4 is 17.4 Å². The second kappa shape index (κ2) is 4.78. The monoisotopic (exact) mass is 253 g/mol. The molecule has 0 spiro atoms. The van der Waals surface area contributed by atoms with Gasteiger partial charge in [-0.25, -0.2) is 9.97 Å². The first-order valence-corrected chi connectivity index (χ1v) is 6.58. The van der Waals surface area contributed by atoms with Gasteiger partial charge in [0.05, 0.1) is 0 Å². The van der Waals surface area contributed by atoms with Crippen LogP contribution in [0.3, 0.4) is 0 Å². The molecular formula is C12H16ClN3O. The van der Waals surface area contributed by atoms with Gasteiger partial charge in [-0.05, 0) is 25.7 Å². The van der Waals surface area contributed by atoms with Crippen molar-refractivity contribution in [3.63, 3.8) is 0 Å². The van der Waals surface area contributed by atoms with Crippen LogP contribution in [0.15, 0.2) is 6.07 Å². The second-order valence-electron chi connectivity index (χ2n) is 4.74. The van der Waals surface area contributed by atoms with Crippen molar-refractivity contribution in [2.24, 2.45) is 0 Å². The summed E-state index contributed by atoms with van der Waals surface area (Å²) >= 11 is 6.02. The quantitative estimate of drug-likeness (QED) is 0.842. The van der Waals surface area contributed by atoms with E-state index in [1.807, 2.05) is 6.07 Å². The average molecular weight is 254 g/mol. The van der Waals surface area contributed by atoms with Gasteiger partial charge in [-0.15, -0.1) is 0 Å². The van der Waals surface area contributed by atoms with Gasteiger partial charge in [0.2, 0.25) is 0 Å². The molecule has 0 atom stereocenters. The topological polar surface area (TPSA) is 47.0 Å². The number of hydrogen-bond donors (Lipinski definition) is 1. The Hall–Kier alpha value is -0.870. The van der Waals surface area contributed by atoms with Crippen molar-refractivity contribution < 1.29 is 4.74 Å². The molecule has 1 saturated heterocycles. The molecule has 4 nitrogen and oxygen atoms in total. The number of halogens is 1.